The van der Waals surface area contributed by atoms with Gasteiger partial charge in [-0.3, -0.25) is 9.59 Å². The molecule has 0 fully saturated rings. The van der Waals surface area contributed by atoms with Crippen LogP contribution >= 0.6 is 27.3 Å². The number of nitrogens with one attached hydrogen (secondary N) is 2. The number of nitrogens with zero attached hydrogens (tertiary/aromatic N) is 1. The van der Waals surface area contributed by atoms with Crippen molar-refractivity contribution < 1.29 is 14.7 Å². The van der Waals surface area contributed by atoms with E-state index in [2.05, 4.69) is 31.5 Å². The number of amides is 2. The summed E-state index contributed by atoms with van der Waals surface area (Å²) in [5.41, 5.74) is 2.54. The lowest BCUT2D eigenvalue weighted by molar-refractivity contribution is -0.119. The zero-order valence-electron chi connectivity index (χ0n) is 13.9. The summed E-state index contributed by atoms with van der Waals surface area (Å²) in [6.45, 7) is 1.59. The van der Waals surface area contributed by atoms with Crippen LogP contribution in [-0.4, -0.2) is 21.9 Å². The molecular formula is C18H16BrN3O3S. The normalized spacial score (nSPS) is 10.7. The molecule has 0 aliphatic rings. The van der Waals surface area contributed by atoms with Crippen LogP contribution in [0.5, 0.6) is 0 Å². The van der Waals surface area contributed by atoms with E-state index in [-0.39, 0.29) is 25.0 Å². The lowest BCUT2D eigenvalue weighted by Gasteiger charge is -2.11. The first-order valence-corrected chi connectivity index (χ1v) is 9.42. The number of fused-ring (bicyclic) bond motifs is 1. The van der Waals surface area contributed by atoms with Crippen molar-refractivity contribution in [3.8, 4) is 0 Å². The van der Waals surface area contributed by atoms with Gasteiger partial charge in [0, 0.05) is 29.2 Å². The summed E-state index contributed by atoms with van der Waals surface area (Å²) >= 11 is 4.80. The Hall–Kier alpha value is -2.29. The van der Waals surface area contributed by atoms with Crippen molar-refractivity contribution >= 4 is 55.0 Å². The largest absolute Gasteiger partial charge is 0.389 e. The van der Waals surface area contributed by atoms with Gasteiger partial charge in [-0.2, -0.15) is 0 Å². The molecule has 1 heterocycles. The molecule has 0 atom stereocenters. The first-order chi connectivity index (χ1) is 12.5. The molecule has 0 spiro atoms. The Kier molecular flexibility index (Phi) is 5.65. The number of hydrogen-bond donors (Lipinski definition) is 3. The molecule has 0 unspecified atom stereocenters. The number of anilines is 1. The van der Waals surface area contributed by atoms with Gasteiger partial charge in [-0.1, -0.05) is 15.9 Å². The minimum atomic E-state index is -0.269. The van der Waals surface area contributed by atoms with Gasteiger partial charge in [0.25, 0.3) is 5.91 Å². The molecule has 3 N–H and O–H groups in total. The minimum absolute atomic E-state index is 0.105. The van der Waals surface area contributed by atoms with E-state index in [9.17, 15) is 14.7 Å². The summed E-state index contributed by atoms with van der Waals surface area (Å²) in [5, 5.41) is 15.4. The van der Waals surface area contributed by atoms with Gasteiger partial charge in [-0.15, -0.1) is 11.3 Å². The molecule has 0 bridgehead atoms. The maximum atomic E-state index is 12.7. The lowest BCUT2D eigenvalue weighted by atomic mass is 10.1. The van der Waals surface area contributed by atoms with Gasteiger partial charge < -0.3 is 15.7 Å². The highest BCUT2D eigenvalue weighted by Crippen LogP contribution is 2.26. The number of thiazole rings is 1. The smallest absolute Gasteiger partial charge is 0.256 e. The van der Waals surface area contributed by atoms with E-state index in [0.29, 0.717) is 21.8 Å². The Labute approximate surface area is 162 Å². The fraction of sp³-hybridized carbons (Fsp3) is 0.167. The second kappa shape index (κ2) is 7.94. The second-order valence-electron chi connectivity index (χ2n) is 5.61. The van der Waals surface area contributed by atoms with Gasteiger partial charge in [-0.25, -0.2) is 4.98 Å². The number of halogens is 1. The molecule has 0 saturated heterocycles. The minimum Gasteiger partial charge on any atom is -0.389 e. The third-order valence-corrected chi connectivity index (χ3v) is 5.18. The third-order valence-electron chi connectivity index (χ3n) is 3.66. The number of benzene rings is 2. The number of aromatic nitrogens is 1. The maximum absolute atomic E-state index is 12.7. The van der Waals surface area contributed by atoms with E-state index in [1.807, 2.05) is 12.1 Å². The molecule has 6 nitrogen and oxygen atoms in total. The van der Waals surface area contributed by atoms with Gasteiger partial charge in [0.05, 0.1) is 16.8 Å². The summed E-state index contributed by atoms with van der Waals surface area (Å²) in [6, 6.07) is 10.7. The molecule has 2 amide bonds. The Bertz CT molecular complexity index is 987. The van der Waals surface area contributed by atoms with E-state index in [1.165, 1.54) is 18.3 Å². The molecule has 2 aromatic carbocycles. The Morgan fingerprint density at radius 2 is 2.04 bits per heavy atom. The first kappa shape index (κ1) is 18.5. The molecule has 0 saturated carbocycles. The van der Waals surface area contributed by atoms with Gasteiger partial charge in [0.2, 0.25) is 5.91 Å². The molecule has 0 aliphatic heterocycles. The fourth-order valence-corrected chi connectivity index (χ4v) is 3.68. The maximum Gasteiger partial charge on any atom is 0.256 e. The molecule has 3 aromatic rings. The number of rotatable bonds is 5. The van der Waals surface area contributed by atoms with Gasteiger partial charge in [0.1, 0.15) is 5.01 Å². The van der Waals surface area contributed by atoms with Crippen molar-refractivity contribution in [3.63, 3.8) is 0 Å². The van der Waals surface area contributed by atoms with E-state index in [1.54, 1.807) is 24.3 Å². The monoisotopic (exact) mass is 433 g/mol. The first-order valence-electron chi connectivity index (χ1n) is 7.81. The van der Waals surface area contributed by atoms with Crippen LogP contribution in [0.1, 0.15) is 27.9 Å². The van der Waals surface area contributed by atoms with Gasteiger partial charge in [0.15, 0.2) is 0 Å². The van der Waals surface area contributed by atoms with Crippen LogP contribution in [0.25, 0.3) is 10.2 Å². The number of hydrogen-bond acceptors (Lipinski definition) is 5. The van der Waals surface area contributed by atoms with E-state index >= 15 is 0 Å². The number of aliphatic hydroxyl groups excluding tert-OH is 1. The standard InChI is InChI=1S/C18H16BrN3O3S/c1-10(24)20-8-11-6-12(19)2-4-14(11)18(25)21-13-3-5-16-15(7-13)22-17(9-23)26-16/h2-7,23H,8-9H2,1H3,(H,20,24)(H,21,25). The quantitative estimate of drug-likeness (QED) is 0.574. The Morgan fingerprint density at radius 3 is 2.77 bits per heavy atom. The average molecular weight is 434 g/mol. The van der Waals surface area contributed by atoms with E-state index < -0.39 is 0 Å². The van der Waals surface area contributed by atoms with Crippen LogP contribution in [-0.2, 0) is 17.9 Å². The topological polar surface area (TPSA) is 91.3 Å². The summed E-state index contributed by atoms with van der Waals surface area (Å²) in [7, 11) is 0. The number of carbonyl (C=O) groups is 2. The van der Waals surface area contributed by atoms with Crippen LogP contribution in [0.4, 0.5) is 5.69 Å². The molecule has 0 radical (unpaired) electrons. The van der Waals surface area contributed by atoms with Crippen LogP contribution in [0, 0.1) is 0 Å². The van der Waals surface area contributed by atoms with Crippen LogP contribution in [0.15, 0.2) is 40.9 Å². The predicted octanol–water partition coefficient (Wildman–Crippen LogP) is 3.44. The van der Waals surface area contributed by atoms with E-state index in [0.717, 1.165) is 14.7 Å². The molecule has 26 heavy (non-hydrogen) atoms. The molecule has 134 valence electrons. The molecule has 3 rings (SSSR count). The van der Waals surface area contributed by atoms with Crippen LogP contribution < -0.4 is 10.6 Å². The van der Waals surface area contributed by atoms with Gasteiger partial charge in [-0.05, 0) is 42.0 Å². The summed E-state index contributed by atoms with van der Waals surface area (Å²) in [5.74, 6) is -0.431. The Morgan fingerprint density at radius 1 is 1.23 bits per heavy atom. The summed E-state index contributed by atoms with van der Waals surface area (Å²) < 4.78 is 1.77. The zero-order valence-corrected chi connectivity index (χ0v) is 16.3. The Balaban J connectivity index is 1.84. The van der Waals surface area contributed by atoms with Crippen molar-refractivity contribution in [2.75, 3.05) is 5.32 Å². The molecule has 0 aliphatic carbocycles. The predicted molar refractivity (Wildman–Crippen MR) is 105 cm³/mol. The lowest BCUT2D eigenvalue weighted by Crippen LogP contribution is -2.22. The summed E-state index contributed by atoms with van der Waals surface area (Å²) in [6.07, 6.45) is 0. The van der Waals surface area contributed by atoms with Gasteiger partial charge >= 0.3 is 0 Å². The number of aliphatic hydroxyl groups is 1. The van der Waals surface area contributed by atoms with Crippen LogP contribution in [0.2, 0.25) is 0 Å². The SMILES string of the molecule is CC(=O)NCc1cc(Br)ccc1C(=O)Nc1ccc2sc(CO)nc2c1. The van der Waals surface area contributed by atoms with Crippen molar-refractivity contribution in [1.29, 1.82) is 0 Å². The van der Waals surface area contributed by atoms with Crippen molar-refractivity contribution in [2.24, 2.45) is 0 Å². The molecular weight excluding hydrogens is 418 g/mol. The second-order valence-corrected chi connectivity index (χ2v) is 7.64. The van der Waals surface area contributed by atoms with Crippen molar-refractivity contribution in [1.82, 2.24) is 10.3 Å². The molecule has 1 aromatic heterocycles. The molecule has 8 heteroatoms. The highest BCUT2D eigenvalue weighted by Gasteiger charge is 2.13. The van der Waals surface area contributed by atoms with Crippen molar-refractivity contribution in [3.05, 3.63) is 57.0 Å². The third kappa shape index (κ3) is 4.27. The van der Waals surface area contributed by atoms with Crippen LogP contribution in [0.3, 0.4) is 0 Å². The number of carbonyl (C=O) groups excluding carboxylic acids is 2. The highest BCUT2D eigenvalue weighted by atomic mass is 79.9. The summed E-state index contributed by atoms with van der Waals surface area (Å²) in [4.78, 5) is 28.2. The average Bonchev–Trinajstić information content (AvgIpc) is 3.02. The van der Waals surface area contributed by atoms with Crippen molar-refractivity contribution in [2.45, 2.75) is 20.1 Å². The fourth-order valence-electron chi connectivity index (χ4n) is 2.47. The highest BCUT2D eigenvalue weighted by molar-refractivity contribution is 9.10. The van der Waals surface area contributed by atoms with E-state index in [4.69, 9.17) is 0 Å². The zero-order chi connectivity index (χ0) is 18.7.